The molecule has 3 heteroatoms. The van der Waals surface area contributed by atoms with Crippen LogP contribution < -0.4 is 0 Å². The maximum atomic E-state index is 13.4. The minimum absolute atomic E-state index is 0.0890. The second-order valence-electron chi connectivity index (χ2n) is 9.39. The van der Waals surface area contributed by atoms with Crippen LogP contribution in [0.3, 0.4) is 0 Å². The van der Waals surface area contributed by atoms with Crippen molar-refractivity contribution < 1.29 is 9.90 Å². The van der Waals surface area contributed by atoms with Crippen molar-refractivity contribution in [2.24, 2.45) is 22.2 Å². The van der Waals surface area contributed by atoms with Crippen molar-refractivity contribution in [1.29, 1.82) is 0 Å². The first kappa shape index (κ1) is 14.0. The Morgan fingerprint density at radius 1 is 1.14 bits per heavy atom. The first-order valence-electron chi connectivity index (χ1n) is 8.79. The van der Waals surface area contributed by atoms with E-state index in [0.29, 0.717) is 16.7 Å². The van der Waals surface area contributed by atoms with E-state index in [4.69, 9.17) is 0 Å². The summed E-state index contributed by atoms with van der Waals surface area (Å²) in [5, 5.41) is 9.57. The van der Waals surface area contributed by atoms with Crippen LogP contribution in [0.4, 0.5) is 0 Å². The maximum absolute atomic E-state index is 13.4. The van der Waals surface area contributed by atoms with Gasteiger partial charge in [-0.15, -0.1) is 0 Å². The predicted molar refractivity (Wildman–Crippen MR) is 81.7 cm³/mol. The molecule has 5 fully saturated rings. The van der Waals surface area contributed by atoms with Crippen LogP contribution in [0.2, 0.25) is 0 Å². The van der Waals surface area contributed by atoms with Gasteiger partial charge in [0.2, 0.25) is 5.91 Å². The molecular formula is C18H29NO2. The normalized spacial score (nSPS) is 51.7. The predicted octanol–water partition coefficient (Wildman–Crippen LogP) is 2.97. The fourth-order valence-corrected chi connectivity index (χ4v) is 7.28. The average Bonchev–Trinajstić information content (AvgIpc) is 2.81. The standard InChI is InChI=1S/C18H29NO2/c1-16-6-13-7-17(2,10-16)12-18(8-13,11-16)15(21)19-5-3-4-14(19)9-20/h13-14,20H,3-12H2,1-2H3. The molecule has 3 unspecified atom stereocenters. The molecule has 1 amide bonds. The molecule has 5 aliphatic rings. The lowest BCUT2D eigenvalue weighted by Gasteiger charge is -2.65. The topological polar surface area (TPSA) is 40.5 Å². The van der Waals surface area contributed by atoms with Gasteiger partial charge in [-0.3, -0.25) is 4.79 Å². The Kier molecular flexibility index (Phi) is 2.84. The highest BCUT2D eigenvalue weighted by Gasteiger charge is 2.63. The Balaban J connectivity index is 1.66. The summed E-state index contributed by atoms with van der Waals surface area (Å²) in [6.45, 7) is 5.85. The van der Waals surface area contributed by atoms with Crippen LogP contribution in [0, 0.1) is 22.2 Å². The van der Waals surface area contributed by atoms with Crippen molar-refractivity contribution in [3.8, 4) is 0 Å². The highest BCUT2D eigenvalue weighted by Crippen LogP contribution is 2.70. The van der Waals surface area contributed by atoms with Gasteiger partial charge in [0.25, 0.3) is 0 Å². The van der Waals surface area contributed by atoms with E-state index in [9.17, 15) is 9.90 Å². The lowest BCUT2D eigenvalue weighted by Crippen LogP contribution is -2.61. The fraction of sp³-hybridized carbons (Fsp3) is 0.944. The van der Waals surface area contributed by atoms with Crippen molar-refractivity contribution in [2.45, 2.75) is 71.3 Å². The first-order chi connectivity index (χ1) is 9.87. The summed E-state index contributed by atoms with van der Waals surface area (Å²) >= 11 is 0. The molecule has 0 radical (unpaired) electrons. The van der Waals surface area contributed by atoms with E-state index in [1.165, 1.54) is 19.3 Å². The number of aliphatic hydroxyl groups is 1. The van der Waals surface area contributed by atoms with E-state index < -0.39 is 0 Å². The number of hydrogen-bond acceptors (Lipinski definition) is 2. The lowest BCUT2D eigenvalue weighted by molar-refractivity contribution is -0.180. The van der Waals surface area contributed by atoms with Gasteiger partial charge in [0.15, 0.2) is 0 Å². The van der Waals surface area contributed by atoms with Crippen LogP contribution in [0.5, 0.6) is 0 Å². The van der Waals surface area contributed by atoms with E-state index >= 15 is 0 Å². The molecule has 3 nitrogen and oxygen atoms in total. The van der Waals surface area contributed by atoms with E-state index in [2.05, 4.69) is 13.8 Å². The van der Waals surface area contributed by atoms with Gasteiger partial charge in [-0.1, -0.05) is 13.8 Å². The van der Waals surface area contributed by atoms with Gasteiger partial charge in [0, 0.05) is 6.54 Å². The Hall–Kier alpha value is -0.570. The number of carbonyl (C=O) groups excluding carboxylic acids is 1. The summed E-state index contributed by atoms with van der Waals surface area (Å²) in [5.41, 5.74) is 0.678. The van der Waals surface area contributed by atoms with Crippen molar-refractivity contribution in [1.82, 2.24) is 4.90 Å². The van der Waals surface area contributed by atoms with Gasteiger partial charge < -0.3 is 10.0 Å². The molecule has 5 rings (SSSR count). The Labute approximate surface area is 128 Å². The monoisotopic (exact) mass is 291 g/mol. The summed E-state index contributed by atoms with van der Waals surface area (Å²) in [5.74, 6) is 1.15. The number of nitrogens with zero attached hydrogens (tertiary/aromatic N) is 1. The van der Waals surface area contributed by atoms with Crippen LogP contribution >= 0.6 is 0 Å². The van der Waals surface area contributed by atoms with Crippen LogP contribution in [-0.4, -0.2) is 35.1 Å². The number of hydrogen-bond donors (Lipinski definition) is 1. The summed E-state index contributed by atoms with van der Waals surface area (Å²) in [6, 6.07) is 0.0890. The van der Waals surface area contributed by atoms with Crippen molar-refractivity contribution in [3.05, 3.63) is 0 Å². The largest absolute Gasteiger partial charge is 0.394 e. The zero-order chi connectivity index (χ0) is 14.9. The van der Waals surface area contributed by atoms with Gasteiger partial charge in [0.05, 0.1) is 18.1 Å². The third kappa shape index (κ3) is 1.99. The van der Waals surface area contributed by atoms with E-state index in [-0.39, 0.29) is 18.1 Å². The van der Waals surface area contributed by atoms with E-state index in [1.807, 2.05) is 4.90 Å². The second-order valence-corrected chi connectivity index (χ2v) is 9.39. The molecule has 1 heterocycles. The minimum atomic E-state index is -0.0966. The summed E-state index contributed by atoms with van der Waals surface area (Å²) in [6.07, 6.45) is 9.34. The van der Waals surface area contributed by atoms with Crippen LogP contribution in [-0.2, 0) is 4.79 Å². The summed E-state index contributed by atoms with van der Waals surface area (Å²) in [4.78, 5) is 15.4. The minimum Gasteiger partial charge on any atom is -0.394 e. The zero-order valence-corrected chi connectivity index (χ0v) is 13.5. The molecule has 118 valence electrons. The number of amides is 1. The Morgan fingerprint density at radius 3 is 2.38 bits per heavy atom. The number of aliphatic hydroxyl groups excluding tert-OH is 1. The van der Waals surface area contributed by atoms with Crippen LogP contribution in [0.25, 0.3) is 0 Å². The highest BCUT2D eigenvalue weighted by molar-refractivity contribution is 5.84. The molecule has 21 heavy (non-hydrogen) atoms. The molecule has 1 aliphatic heterocycles. The highest BCUT2D eigenvalue weighted by atomic mass is 16.3. The van der Waals surface area contributed by atoms with Crippen molar-refractivity contribution in [3.63, 3.8) is 0 Å². The van der Waals surface area contributed by atoms with Crippen LogP contribution in [0.15, 0.2) is 0 Å². The molecule has 1 saturated heterocycles. The fourth-order valence-electron chi connectivity index (χ4n) is 7.28. The first-order valence-corrected chi connectivity index (χ1v) is 8.79. The lowest BCUT2D eigenvalue weighted by atomic mass is 9.40. The summed E-state index contributed by atoms with van der Waals surface area (Å²) < 4.78 is 0. The molecule has 0 aromatic heterocycles. The van der Waals surface area contributed by atoms with Gasteiger partial charge >= 0.3 is 0 Å². The summed E-state index contributed by atoms with van der Waals surface area (Å²) in [7, 11) is 0. The Morgan fingerprint density at radius 2 is 1.81 bits per heavy atom. The van der Waals surface area contributed by atoms with Gasteiger partial charge in [-0.25, -0.2) is 0 Å². The quantitative estimate of drug-likeness (QED) is 0.849. The number of carbonyl (C=O) groups is 1. The van der Waals surface area contributed by atoms with Crippen molar-refractivity contribution in [2.75, 3.05) is 13.2 Å². The van der Waals surface area contributed by atoms with Gasteiger partial charge in [-0.2, -0.15) is 0 Å². The zero-order valence-electron chi connectivity index (χ0n) is 13.5. The van der Waals surface area contributed by atoms with E-state index in [1.54, 1.807) is 0 Å². The number of likely N-dealkylation sites (tertiary alicyclic amines) is 1. The smallest absolute Gasteiger partial charge is 0.229 e. The molecule has 4 aliphatic carbocycles. The molecule has 4 saturated carbocycles. The third-order valence-electron chi connectivity index (χ3n) is 6.93. The second kappa shape index (κ2) is 4.24. The maximum Gasteiger partial charge on any atom is 0.229 e. The van der Waals surface area contributed by atoms with Gasteiger partial charge in [-0.05, 0) is 68.1 Å². The molecule has 0 aromatic rings. The molecule has 3 atom stereocenters. The molecule has 4 bridgehead atoms. The van der Waals surface area contributed by atoms with E-state index in [0.717, 1.165) is 44.6 Å². The molecule has 1 N–H and O–H groups in total. The Bertz CT molecular complexity index is 456. The third-order valence-corrected chi connectivity index (χ3v) is 6.93. The molecule has 0 spiro atoms. The average molecular weight is 291 g/mol. The van der Waals surface area contributed by atoms with Crippen LogP contribution in [0.1, 0.15) is 65.2 Å². The molecule has 0 aromatic carbocycles. The molecular weight excluding hydrogens is 262 g/mol. The number of rotatable bonds is 2. The van der Waals surface area contributed by atoms with Crippen molar-refractivity contribution >= 4 is 5.91 Å². The SMILES string of the molecule is CC12CC3CC(C)(C1)CC(C(=O)N1CCCC1CO)(C3)C2. The van der Waals surface area contributed by atoms with Gasteiger partial charge in [0.1, 0.15) is 0 Å².